The van der Waals surface area contributed by atoms with Crippen molar-refractivity contribution in [1.29, 1.82) is 0 Å². The summed E-state index contributed by atoms with van der Waals surface area (Å²) >= 11 is 0. The second-order valence-corrected chi connectivity index (χ2v) is 3.35. The molecule has 0 fully saturated rings. The topological polar surface area (TPSA) is 72.3 Å². The Balaban J connectivity index is 2.74. The summed E-state index contributed by atoms with van der Waals surface area (Å²) < 4.78 is 0. The van der Waals surface area contributed by atoms with E-state index in [1.54, 1.807) is 24.3 Å². The van der Waals surface area contributed by atoms with Crippen molar-refractivity contribution < 1.29 is 5.11 Å². The molecule has 0 spiro atoms. The molecule has 0 saturated carbocycles. The van der Waals surface area contributed by atoms with E-state index < -0.39 is 0 Å². The zero-order chi connectivity index (χ0) is 10.6. The highest BCUT2D eigenvalue weighted by molar-refractivity contribution is 5.57. The predicted octanol–water partition coefficient (Wildman–Crippen LogP) is 1.08. The van der Waals surface area contributed by atoms with Gasteiger partial charge in [0.15, 0.2) is 0 Å². The van der Waals surface area contributed by atoms with Gasteiger partial charge in [0.1, 0.15) is 5.75 Å². The predicted molar refractivity (Wildman–Crippen MR) is 58.8 cm³/mol. The number of nitrogens with two attached hydrogens (primary N) is 2. The zero-order valence-electron chi connectivity index (χ0n) is 8.22. The maximum Gasteiger partial charge on any atom is 0.122 e. The van der Waals surface area contributed by atoms with Gasteiger partial charge in [0, 0.05) is 17.6 Å². The van der Waals surface area contributed by atoms with E-state index >= 15 is 0 Å². The summed E-state index contributed by atoms with van der Waals surface area (Å²) in [6.07, 6.45) is 3.57. The van der Waals surface area contributed by atoms with E-state index in [1.165, 1.54) is 0 Å². The van der Waals surface area contributed by atoms with Crippen LogP contribution >= 0.6 is 0 Å². The summed E-state index contributed by atoms with van der Waals surface area (Å²) in [6, 6.07) is 6.82. The van der Waals surface area contributed by atoms with Crippen LogP contribution in [0.4, 0.5) is 0 Å². The van der Waals surface area contributed by atoms with Gasteiger partial charge in [0.05, 0.1) is 0 Å². The molecule has 1 aromatic rings. The number of aromatic hydroxyl groups is 1. The van der Waals surface area contributed by atoms with Gasteiger partial charge in [-0.15, -0.1) is 0 Å². The standard InChI is InChI=1S/C11H16N2O/c1-8(12)10(13)7-6-9-4-2-3-5-11(9)14/h2-8,10,14H,12-13H2,1H3. The Labute approximate surface area is 84.0 Å². The van der Waals surface area contributed by atoms with Gasteiger partial charge < -0.3 is 16.6 Å². The van der Waals surface area contributed by atoms with Crippen molar-refractivity contribution in [1.82, 2.24) is 0 Å². The van der Waals surface area contributed by atoms with Crippen molar-refractivity contribution in [3.05, 3.63) is 35.9 Å². The molecule has 0 amide bonds. The van der Waals surface area contributed by atoms with E-state index in [1.807, 2.05) is 19.1 Å². The van der Waals surface area contributed by atoms with Crippen LogP contribution in [0.3, 0.4) is 0 Å². The lowest BCUT2D eigenvalue weighted by Gasteiger charge is -2.10. The number of phenolic OH excluding ortho intramolecular Hbond substituents is 1. The van der Waals surface area contributed by atoms with Crippen molar-refractivity contribution in [3.8, 4) is 5.75 Å². The third kappa shape index (κ3) is 2.87. The van der Waals surface area contributed by atoms with E-state index in [9.17, 15) is 5.11 Å². The SMILES string of the molecule is CC(N)C(N)C=Cc1ccccc1O. The van der Waals surface area contributed by atoms with Gasteiger partial charge in [-0.05, 0) is 13.0 Å². The highest BCUT2D eigenvalue weighted by Crippen LogP contribution is 2.17. The molecular formula is C11H16N2O. The van der Waals surface area contributed by atoms with E-state index in [0.717, 1.165) is 5.56 Å². The monoisotopic (exact) mass is 192 g/mol. The largest absolute Gasteiger partial charge is 0.507 e. The fourth-order valence-corrected chi connectivity index (χ4v) is 1.02. The van der Waals surface area contributed by atoms with Crippen LogP contribution in [0, 0.1) is 0 Å². The van der Waals surface area contributed by atoms with Crippen molar-refractivity contribution in [2.45, 2.75) is 19.0 Å². The van der Waals surface area contributed by atoms with Crippen molar-refractivity contribution in [2.75, 3.05) is 0 Å². The molecule has 0 aliphatic heterocycles. The maximum atomic E-state index is 9.44. The minimum atomic E-state index is -0.186. The van der Waals surface area contributed by atoms with E-state index in [0.29, 0.717) is 0 Å². The molecule has 1 aromatic carbocycles. The molecule has 0 aliphatic rings. The van der Waals surface area contributed by atoms with Crippen LogP contribution in [-0.2, 0) is 0 Å². The highest BCUT2D eigenvalue weighted by Gasteiger charge is 2.02. The Bertz CT molecular complexity index is 321. The van der Waals surface area contributed by atoms with Crippen LogP contribution in [0.5, 0.6) is 5.75 Å². The summed E-state index contributed by atoms with van der Waals surface area (Å²) in [4.78, 5) is 0. The quantitative estimate of drug-likeness (QED) is 0.671. The lowest BCUT2D eigenvalue weighted by Crippen LogP contribution is -2.36. The number of hydrogen-bond donors (Lipinski definition) is 3. The smallest absolute Gasteiger partial charge is 0.122 e. The first-order valence-corrected chi connectivity index (χ1v) is 4.58. The number of rotatable bonds is 3. The summed E-state index contributed by atoms with van der Waals surface area (Å²) in [5.74, 6) is 0.251. The molecule has 3 heteroatoms. The lowest BCUT2D eigenvalue weighted by atomic mass is 10.1. The van der Waals surface area contributed by atoms with Crippen LogP contribution in [0.2, 0.25) is 0 Å². The van der Waals surface area contributed by atoms with Crippen LogP contribution in [-0.4, -0.2) is 17.2 Å². The minimum Gasteiger partial charge on any atom is -0.507 e. The number of hydrogen-bond acceptors (Lipinski definition) is 3. The second kappa shape index (κ2) is 4.79. The molecule has 0 aliphatic carbocycles. The Morgan fingerprint density at radius 2 is 1.93 bits per heavy atom. The third-order valence-corrected chi connectivity index (χ3v) is 2.04. The first kappa shape index (κ1) is 10.8. The molecule has 1 rings (SSSR count). The summed E-state index contributed by atoms with van der Waals surface area (Å²) in [6.45, 7) is 1.85. The van der Waals surface area contributed by atoms with Gasteiger partial charge in [-0.2, -0.15) is 0 Å². The molecule has 0 saturated heterocycles. The summed E-state index contributed by atoms with van der Waals surface area (Å²) in [5, 5.41) is 9.44. The Kier molecular flexibility index (Phi) is 3.68. The minimum absolute atomic E-state index is 0.0860. The van der Waals surface area contributed by atoms with Crippen LogP contribution in [0.15, 0.2) is 30.3 Å². The van der Waals surface area contributed by atoms with Gasteiger partial charge in [-0.25, -0.2) is 0 Å². The Morgan fingerprint density at radius 3 is 2.50 bits per heavy atom. The first-order valence-electron chi connectivity index (χ1n) is 4.58. The van der Waals surface area contributed by atoms with Gasteiger partial charge in [0.25, 0.3) is 0 Å². The number of phenols is 1. The molecule has 0 bridgehead atoms. The van der Waals surface area contributed by atoms with Gasteiger partial charge in [-0.3, -0.25) is 0 Å². The number of para-hydroxylation sites is 1. The van der Waals surface area contributed by atoms with E-state index in [2.05, 4.69) is 0 Å². The first-order chi connectivity index (χ1) is 6.61. The molecule has 2 unspecified atom stereocenters. The molecule has 0 radical (unpaired) electrons. The molecule has 0 heterocycles. The molecule has 76 valence electrons. The van der Waals surface area contributed by atoms with Gasteiger partial charge in [0.2, 0.25) is 0 Å². The van der Waals surface area contributed by atoms with Gasteiger partial charge >= 0.3 is 0 Å². The van der Waals surface area contributed by atoms with Crippen LogP contribution < -0.4 is 11.5 Å². The summed E-state index contributed by atoms with van der Waals surface area (Å²) in [7, 11) is 0. The molecular weight excluding hydrogens is 176 g/mol. The highest BCUT2D eigenvalue weighted by atomic mass is 16.3. The Hall–Kier alpha value is -1.32. The van der Waals surface area contributed by atoms with E-state index in [4.69, 9.17) is 11.5 Å². The summed E-state index contributed by atoms with van der Waals surface area (Å²) in [5.41, 5.74) is 12.1. The third-order valence-electron chi connectivity index (χ3n) is 2.04. The molecule has 0 aromatic heterocycles. The van der Waals surface area contributed by atoms with E-state index in [-0.39, 0.29) is 17.8 Å². The molecule has 3 nitrogen and oxygen atoms in total. The normalized spacial score (nSPS) is 15.6. The van der Waals surface area contributed by atoms with Crippen LogP contribution in [0.25, 0.3) is 6.08 Å². The Morgan fingerprint density at radius 1 is 1.29 bits per heavy atom. The average molecular weight is 192 g/mol. The second-order valence-electron chi connectivity index (χ2n) is 3.35. The fourth-order valence-electron chi connectivity index (χ4n) is 1.02. The van der Waals surface area contributed by atoms with Crippen molar-refractivity contribution in [3.63, 3.8) is 0 Å². The average Bonchev–Trinajstić information content (AvgIpc) is 2.16. The molecule has 2 atom stereocenters. The molecule has 14 heavy (non-hydrogen) atoms. The van der Waals surface area contributed by atoms with Gasteiger partial charge in [-0.1, -0.05) is 30.4 Å². The maximum absolute atomic E-state index is 9.44. The van der Waals surface area contributed by atoms with Crippen LogP contribution in [0.1, 0.15) is 12.5 Å². The van der Waals surface area contributed by atoms with Crippen molar-refractivity contribution in [2.24, 2.45) is 11.5 Å². The number of benzene rings is 1. The van der Waals surface area contributed by atoms with Crippen molar-refractivity contribution >= 4 is 6.08 Å². The molecule has 5 N–H and O–H groups in total. The zero-order valence-corrected chi connectivity index (χ0v) is 8.22. The lowest BCUT2D eigenvalue weighted by molar-refractivity contribution is 0.474. The fraction of sp³-hybridized carbons (Fsp3) is 0.273.